The maximum absolute atomic E-state index is 13.6. The Kier molecular flexibility index (Phi) is 5.50. The van der Waals surface area contributed by atoms with E-state index in [1.807, 2.05) is 0 Å². The number of carbonyl (C=O) groups excluding carboxylic acids is 1. The molecule has 2 amide bonds. The first-order valence-electron chi connectivity index (χ1n) is 11.6. The van der Waals surface area contributed by atoms with Crippen LogP contribution in [-0.2, 0) is 0 Å². The predicted octanol–water partition coefficient (Wildman–Crippen LogP) is 2.82. The van der Waals surface area contributed by atoms with Gasteiger partial charge in [0.2, 0.25) is 0 Å². The normalized spacial score (nSPS) is 26.0. The van der Waals surface area contributed by atoms with E-state index < -0.39 is 0 Å². The Morgan fingerprint density at radius 2 is 1.66 bits per heavy atom. The van der Waals surface area contributed by atoms with Crippen LogP contribution in [0.5, 0.6) is 0 Å². The fraction of sp³-hybridized carbons (Fsp3) is 0.696. The molecular formula is C23H35N5O. The number of benzene rings is 1. The van der Waals surface area contributed by atoms with Gasteiger partial charge in [-0.05, 0) is 62.4 Å². The first-order valence-corrected chi connectivity index (χ1v) is 11.6. The highest BCUT2D eigenvalue weighted by atomic mass is 16.2. The number of anilines is 1. The third kappa shape index (κ3) is 3.78. The molecule has 5 rings (SSSR count). The number of hydrogen-bond donors (Lipinski definition) is 3. The van der Waals surface area contributed by atoms with Gasteiger partial charge in [-0.1, -0.05) is 31.4 Å². The molecule has 6 nitrogen and oxygen atoms in total. The number of piperidine rings is 1. The van der Waals surface area contributed by atoms with E-state index in [-0.39, 0.29) is 11.6 Å². The summed E-state index contributed by atoms with van der Waals surface area (Å²) in [5.41, 5.74) is 8.82. The average molecular weight is 398 g/mol. The lowest BCUT2D eigenvalue weighted by atomic mass is 9.84. The maximum atomic E-state index is 13.6. The van der Waals surface area contributed by atoms with E-state index in [1.54, 1.807) is 0 Å². The van der Waals surface area contributed by atoms with Gasteiger partial charge in [0, 0.05) is 31.2 Å². The first-order chi connectivity index (χ1) is 14.3. The van der Waals surface area contributed by atoms with E-state index in [9.17, 15) is 4.79 Å². The second-order valence-electron chi connectivity index (χ2n) is 9.51. The van der Waals surface area contributed by atoms with E-state index >= 15 is 0 Å². The van der Waals surface area contributed by atoms with Crippen LogP contribution in [0.1, 0.15) is 56.4 Å². The lowest BCUT2D eigenvalue weighted by molar-refractivity contribution is 0.103. The number of amides is 2. The second kappa shape index (κ2) is 8.25. The van der Waals surface area contributed by atoms with Crippen molar-refractivity contribution in [1.29, 1.82) is 0 Å². The van der Waals surface area contributed by atoms with Crippen molar-refractivity contribution in [2.24, 2.45) is 5.92 Å². The molecule has 1 aromatic rings. The van der Waals surface area contributed by atoms with Gasteiger partial charge >= 0.3 is 6.03 Å². The van der Waals surface area contributed by atoms with Crippen molar-refractivity contribution in [3.63, 3.8) is 0 Å². The zero-order valence-electron chi connectivity index (χ0n) is 17.5. The van der Waals surface area contributed by atoms with Crippen LogP contribution in [0.4, 0.5) is 10.5 Å². The highest BCUT2D eigenvalue weighted by molar-refractivity contribution is 5.95. The van der Waals surface area contributed by atoms with Crippen LogP contribution in [0, 0.1) is 5.92 Å². The molecule has 4 aliphatic rings. The van der Waals surface area contributed by atoms with Crippen LogP contribution in [-0.4, -0.2) is 55.7 Å². The molecule has 1 aromatic carbocycles. The number of nitrogens with zero attached hydrogens (tertiary/aromatic N) is 2. The number of carbonyl (C=O) groups is 1. The van der Waals surface area contributed by atoms with Crippen LogP contribution in [0.25, 0.3) is 0 Å². The molecule has 3 heterocycles. The van der Waals surface area contributed by atoms with Crippen LogP contribution < -0.4 is 21.1 Å². The summed E-state index contributed by atoms with van der Waals surface area (Å²) in [5.74, 6) is 1.20. The predicted molar refractivity (Wildman–Crippen MR) is 116 cm³/mol. The van der Waals surface area contributed by atoms with Crippen molar-refractivity contribution in [3.8, 4) is 0 Å². The molecule has 0 radical (unpaired) electrons. The minimum atomic E-state index is 0.0117. The van der Waals surface area contributed by atoms with Gasteiger partial charge < -0.3 is 10.2 Å². The highest BCUT2D eigenvalue weighted by Gasteiger charge is 2.50. The summed E-state index contributed by atoms with van der Waals surface area (Å²) in [6, 6.07) is 8.96. The first kappa shape index (κ1) is 19.3. The molecule has 1 aliphatic carbocycles. The van der Waals surface area contributed by atoms with Crippen LogP contribution in [0.2, 0.25) is 0 Å². The molecule has 0 unspecified atom stereocenters. The molecule has 3 N–H and O–H groups in total. The quantitative estimate of drug-likeness (QED) is 0.731. The molecule has 6 heteroatoms. The molecule has 3 aliphatic heterocycles. The smallest absolute Gasteiger partial charge is 0.317 e. The van der Waals surface area contributed by atoms with Gasteiger partial charge in [0.25, 0.3) is 0 Å². The third-order valence-electron chi connectivity index (χ3n) is 7.68. The van der Waals surface area contributed by atoms with E-state index in [2.05, 4.69) is 50.2 Å². The summed E-state index contributed by atoms with van der Waals surface area (Å²) in [6.45, 7) is 5.76. The number of nitrogens with one attached hydrogen (secondary N) is 3. The maximum Gasteiger partial charge on any atom is 0.325 e. The monoisotopic (exact) mass is 397 g/mol. The van der Waals surface area contributed by atoms with Crippen molar-refractivity contribution in [1.82, 2.24) is 21.1 Å². The summed E-state index contributed by atoms with van der Waals surface area (Å²) in [6.07, 6.45) is 8.74. The van der Waals surface area contributed by atoms with Crippen molar-refractivity contribution in [2.45, 2.75) is 56.4 Å². The molecule has 1 spiro atoms. The number of rotatable bonds is 4. The Morgan fingerprint density at radius 3 is 2.34 bits per heavy atom. The average Bonchev–Trinajstić information content (AvgIpc) is 3.39. The third-order valence-corrected chi connectivity index (χ3v) is 7.68. The molecular weight excluding hydrogens is 362 g/mol. The highest BCUT2D eigenvalue weighted by Crippen LogP contribution is 2.39. The summed E-state index contributed by atoms with van der Waals surface area (Å²) >= 11 is 0. The van der Waals surface area contributed by atoms with Gasteiger partial charge in [-0.15, -0.1) is 0 Å². The van der Waals surface area contributed by atoms with E-state index in [1.165, 1.54) is 37.7 Å². The molecule has 3 saturated heterocycles. The van der Waals surface area contributed by atoms with Crippen molar-refractivity contribution >= 4 is 11.7 Å². The molecule has 29 heavy (non-hydrogen) atoms. The molecule has 0 bridgehead atoms. The lowest BCUT2D eigenvalue weighted by Gasteiger charge is -2.42. The Morgan fingerprint density at radius 1 is 0.966 bits per heavy atom. The fourth-order valence-corrected chi connectivity index (χ4v) is 5.84. The van der Waals surface area contributed by atoms with Gasteiger partial charge in [-0.25, -0.2) is 4.79 Å². The van der Waals surface area contributed by atoms with Crippen LogP contribution in [0.15, 0.2) is 24.3 Å². The number of hydrogen-bond acceptors (Lipinski definition) is 4. The minimum absolute atomic E-state index is 0.0117. The standard InChI is InChI=1S/C23H35N5O/c29-22-27(21-8-6-19(7-9-21)20-14-25-26-15-20)17-23(10-12-24-13-11-23)28(22)16-18-4-2-1-3-5-18/h6-9,18,20,24-26H,1-5,10-17H2. The topological polar surface area (TPSA) is 59.6 Å². The van der Waals surface area contributed by atoms with Crippen molar-refractivity contribution < 1.29 is 4.79 Å². The summed E-state index contributed by atoms with van der Waals surface area (Å²) in [5, 5.41) is 3.50. The minimum Gasteiger partial charge on any atom is -0.317 e. The molecule has 1 saturated carbocycles. The molecule has 0 aromatic heterocycles. The van der Waals surface area contributed by atoms with Crippen molar-refractivity contribution in [3.05, 3.63) is 29.8 Å². The zero-order chi connectivity index (χ0) is 19.7. The van der Waals surface area contributed by atoms with E-state index in [0.717, 1.165) is 57.8 Å². The lowest BCUT2D eigenvalue weighted by Crippen LogP contribution is -2.54. The summed E-state index contributed by atoms with van der Waals surface area (Å²) in [7, 11) is 0. The summed E-state index contributed by atoms with van der Waals surface area (Å²) < 4.78 is 0. The van der Waals surface area contributed by atoms with Crippen molar-refractivity contribution in [2.75, 3.05) is 44.2 Å². The van der Waals surface area contributed by atoms with Gasteiger partial charge in [-0.2, -0.15) is 0 Å². The van der Waals surface area contributed by atoms with Crippen LogP contribution >= 0.6 is 0 Å². The summed E-state index contributed by atoms with van der Waals surface area (Å²) in [4.78, 5) is 17.9. The second-order valence-corrected chi connectivity index (χ2v) is 9.51. The molecule has 158 valence electrons. The van der Waals surface area contributed by atoms with Gasteiger partial charge in [0.05, 0.1) is 12.1 Å². The van der Waals surface area contributed by atoms with Gasteiger partial charge in [-0.3, -0.25) is 15.8 Å². The van der Waals surface area contributed by atoms with Gasteiger partial charge in [0.1, 0.15) is 0 Å². The molecule has 0 atom stereocenters. The van der Waals surface area contributed by atoms with E-state index in [0.29, 0.717) is 11.8 Å². The Hall–Kier alpha value is -1.63. The number of urea groups is 1. The largest absolute Gasteiger partial charge is 0.325 e. The SMILES string of the molecule is O=C1N(c2ccc(C3CNNC3)cc2)CC2(CCNCC2)N1CC1CCCCC1. The van der Waals surface area contributed by atoms with Gasteiger partial charge in [0.15, 0.2) is 0 Å². The Bertz CT molecular complexity index is 702. The fourth-order valence-electron chi connectivity index (χ4n) is 5.84. The number of hydrazine groups is 1. The Balaban J connectivity index is 1.36. The zero-order valence-corrected chi connectivity index (χ0v) is 17.5. The van der Waals surface area contributed by atoms with E-state index in [4.69, 9.17) is 0 Å². The molecule has 4 fully saturated rings. The van der Waals surface area contributed by atoms with Crippen LogP contribution in [0.3, 0.4) is 0 Å². The Labute approximate surface area is 174 Å².